The van der Waals surface area contributed by atoms with Gasteiger partial charge in [0.25, 0.3) is 5.56 Å². The number of methoxy groups -OCH3 is 1. The number of hydrogen-bond acceptors (Lipinski definition) is 9. The first-order chi connectivity index (χ1) is 17.1. The number of anilines is 2. The normalized spacial score (nSPS) is 15.1. The Morgan fingerprint density at radius 1 is 1.17 bits per heavy atom. The molecule has 0 saturated heterocycles. The summed E-state index contributed by atoms with van der Waals surface area (Å²) in [4.78, 5) is 28.9. The van der Waals surface area contributed by atoms with Gasteiger partial charge in [-0.3, -0.25) is 14.5 Å². The van der Waals surface area contributed by atoms with E-state index in [-0.39, 0.29) is 11.7 Å². The number of fused-ring (bicyclic) bond motifs is 4. The smallest absolute Gasteiger partial charge is 0.267 e. The van der Waals surface area contributed by atoms with Gasteiger partial charge in [-0.15, -0.1) is 0 Å². The molecule has 11 heteroatoms. The van der Waals surface area contributed by atoms with Gasteiger partial charge in [-0.2, -0.15) is 10.1 Å². The lowest BCUT2D eigenvalue weighted by molar-refractivity contribution is 0.208. The number of nitrogens with one attached hydrogen (secondary N) is 2. The summed E-state index contributed by atoms with van der Waals surface area (Å²) in [7, 11) is 3.58. The van der Waals surface area contributed by atoms with Crippen molar-refractivity contribution in [3.63, 3.8) is 0 Å². The summed E-state index contributed by atoms with van der Waals surface area (Å²) in [6.45, 7) is 1.21. The van der Waals surface area contributed by atoms with Gasteiger partial charge in [0, 0.05) is 25.5 Å². The minimum atomic E-state index is -0.258. The second-order valence-corrected chi connectivity index (χ2v) is 8.25. The highest BCUT2D eigenvalue weighted by Crippen LogP contribution is 2.32. The van der Waals surface area contributed by atoms with Crippen LogP contribution in [0.2, 0.25) is 0 Å². The maximum atomic E-state index is 13.4. The molecule has 0 amide bonds. The highest BCUT2D eigenvalue weighted by Gasteiger charge is 2.23. The fourth-order valence-corrected chi connectivity index (χ4v) is 4.34. The van der Waals surface area contributed by atoms with Crippen LogP contribution in [0.1, 0.15) is 0 Å². The lowest BCUT2D eigenvalue weighted by Gasteiger charge is -2.33. The Labute approximate surface area is 199 Å². The number of aromatic nitrogens is 6. The van der Waals surface area contributed by atoms with Crippen molar-refractivity contribution in [3.8, 4) is 17.3 Å². The molecular weight excluding hydrogens is 448 g/mol. The quantitative estimate of drug-likeness (QED) is 0.398. The summed E-state index contributed by atoms with van der Waals surface area (Å²) in [6.07, 6.45) is 4.72. The van der Waals surface area contributed by atoms with E-state index in [4.69, 9.17) is 14.5 Å². The Bertz CT molecular complexity index is 1590. The summed E-state index contributed by atoms with van der Waals surface area (Å²) >= 11 is 0. The molecule has 0 radical (unpaired) electrons. The summed E-state index contributed by atoms with van der Waals surface area (Å²) in [6, 6.07) is 11.4. The van der Waals surface area contributed by atoms with Crippen LogP contribution in [-0.4, -0.2) is 63.1 Å². The van der Waals surface area contributed by atoms with Crippen LogP contribution in [0.25, 0.3) is 27.6 Å². The van der Waals surface area contributed by atoms with E-state index in [0.717, 1.165) is 11.4 Å². The number of H-pyrrole nitrogens is 1. The van der Waals surface area contributed by atoms with E-state index in [1.807, 2.05) is 31.3 Å². The van der Waals surface area contributed by atoms with E-state index in [0.29, 0.717) is 52.5 Å². The molecule has 4 aromatic heterocycles. The number of pyridine rings is 2. The Hall–Kier alpha value is -4.67. The number of hydrogen-bond donors (Lipinski definition) is 2. The summed E-state index contributed by atoms with van der Waals surface area (Å²) in [5.74, 6) is 1.67. The molecule has 1 aliphatic rings. The SMILES string of the molecule is COc1ccc(-n2c(=O)c3c[nH]nc3c3cnc(NCC4CN(C)c5ccccc5O4)nc32)cn1. The van der Waals surface area contributed by atoms with Crippen LogP contribution in [0.4, 0.5) is 11.6 Å². The highest BCUT2D eigenvalue weighted by atomic mass is 16.5. The number of likely N-dealkylation sites (N-methyl/N-ethyl adjacent to an activating group) is 1. The Morgan fingerprint density at radius 3 is 2.89 bits per heavy atom. The van der Waals surface area contributed by atoms with Crippen molar-refractivity contribution >= 4 is 33.6 Å². The van der Waals surface area contributed by atoms with Gasteiger partial charge in [-0.1, -0.05) is 12.1 Å². The molecular formula is C24H22N8O3. The third kappa shape index (κ3) is 3.57. The second kappa shape index (κ2) is 8.28. The number of ether oxygens (including phenoxy) is 2. The predicted molar refractivity (Wildman–Crippen MR) is 132 cm³/mol. The molecule has 11 nitrogen and oxygen atoms in total. The number of aromatic amines is 1. The Morgan fingerprint density at radius 2 is 2.06 bits per heavy atom. The molecule has 1 aliphatic heterocycles. The molecule has 1 atom stereocenters. The fourth-order valence-electron chi connectivity index (χ4n) is 4.34. The van der Waals surface area contributed by atoms with Gasteiger partial charge in [-0.25, -0.2) is 9.97 Å². The molecule has 1 aromatic carbocycles. The van der Waals surface area contributed by atoms with E-state index in [9.17, 15) is 4.79 Å². The Balaban J connectivity index is 1.37. The topological polar surface area (TPSA) is 123 Å². The molecule has 1 unspecified atom stereocenters. The third-order valence-corrected chi connectivity index (χ3v) is 6.03. The first-order valence-corrected chi connectivity index (χ1v) is 11.1. The molecule has 2 N–H and O–H groups in total. The zero-order valence-corrected chi connectivity index (χ0v) is 19.1. The van der Waals surface area contributed by atoms with E-state index < -0.39 is 0 Å². The van der Waals surface area contributed by atoms with Gasteiger partial charge >= 0.3 is 0 Å². The van der Waals surface area contributed by atoms with E-state index >= 15 is 0 Å². The molecule has 0 aliphatic carbocycles. The van der Waals surface area contributed by atoms with Crippen LogP contribution in [0.3, 0.4) is 0 Å². The summed E-state index contributed by atoms with van der Waals surface area (Å²) in [5.41, 5.74) is 2.30. The molecule has 5 heterocycles. The van der Waals surface area contributed by atoms with Crippen molar-refractivity contribution in [1.29, 1.82) is 0 Å². The molecule has 0 saturated carbocycles. The van der Waals surface area contributed by atoms with Gasteiger partial charge in [0.05, 0.1) is 48.5 Å². The van der Waals surface area contributed by atoms with Gasteiger partial charge in [0.1, 0.15) is 17.4 Å². The average Bonchev–Trinajstić information content (AvgIpc) is 3.39. The fraction of sp³-hybridized carbons (Fsp3) is 0.208. The number of rotatable bonds is 5. The van der Waals surface area contributed by atoms with Crippen LogP contribution >= 0.6 is 0 Å². The van der Waals surface area contributed by atoms with Gasteiger partial charge < -0.3 is 19.7 Å². The standard InChI is InChI=1S/C24H22N8O3/c1-31-13-15(35-19-6-4-3-5-18(19)31)10-26-24-27-11-16-21-17(12-28-30-21)23(33)32(22(16)29-24)14-7-8-20(34-2)25-9-14/h3-9,11-12,15H,10,13H2,1-2H3,(H,28,30)(H,26,27,29). The van der Waals surface area contributed by atoms with Gasteiger partial charge in [-0.05, 0) is 18.2 Å². The minimum Gasteiger partial charge on any atom is -0.485 e. The van der Waals surface area contributed by atoms with E-state index in [2.05, 4.69) is 30.4 Å². The predicted octanol–water partition coefficient (Wildman–Crippen LogP) is 2.37. The number of nitrogens with zero attached hydrogens (tertiary/aromatic N) is 6. The third-order valence-electron chi connectivity index (χ3n) is 6.03. The zero-order valence-electron chi connectivity index (χ0n) is 19.1. The van der Waals surface area contributed by atoms with Crippen molar-refractivity contribution < 1.29 is 9.47 Å². The van der Waals surface area contributed by atoms with Crippen molar-refractivity contribution in [2.45, 2.75) is 6.10 Å². The van der Waals surface area contributed by atoms with Gasteiger partial charge in [0.2, 0.25) is 11.8 Å². The number of para-hydroxylation sites is 2. The van der Waals surface area contributed by atoms with Crippen molar-refractivity contribution in [1.82, 2.24) is 29.7 Å². The summed E-state index contributed by atoms with van der Waals surface area (Å²) < 4.78 is 12.8. The first kappa shape index (κ1) is 20.9. The monoisotopic (exact) mass is 470 g/mol. The lowest BCUT2D eigenvalue weighted by Crippen LogP contribution is -2.41. The maximum absolute atomic E-state index is 13.4. The summed E-state index contributed by atoms with van der Waals surface area (Å²) in [5, 5.41) is 11.4. The first-order valence-electron chi connectivity index (χ1n) is 11.1. The van der Waals surface area contributed by atoms with Crippen LogP contribution in [0, 0.1) is 0 Å². The molecule has 5 aromatic rings. The maximum Gasteiger partial charge on any atom is 0.267 e. The molecule has 0 spiro atoms. The van der Waals surface area contributed by atoms with Gasteiger partial charge in [0.15, 0.2) is 5.65 Å². The van der Waals surface area contributed by atoms with Crippen molar-refractivity contribution in [2.75, 3.05) is 37.5 Å². The minimum absolute atomic E-state index is 0.101. The molecule has 6 rings (SSSR count). The number of benzene rings is 1. The van der Waals surface area contributed by atoms with E-state index in [1.54, 1.807) is 37.8 Å². The lowest BCUT2D eigenvalue weighted by atomic mass is 10.2. The molecule has 0 fully saturated rings. The van der Waals surface area contributed by atoms with Crippen LogP contribution in [0.5, 0.6) is 11.6 Å². The van der Waals surface area contributed by atoms with Crippen molar-refractivity contribution in [3.05, 3.63) is 65.3 Å². The van der Waals surface area contributed by atoms with Crippen LogP contribution in [0.15, 0.2) is 59.8 Å². The molecule has 35 heavy (non-hydrogen) atoms. The second-order valence-electron chi connectivity index (χ2n) is 8.25. The van der Waals surface area contributed by atoms with E-state index in [1.165, 1.54) is 4.57 Å². The van der Waals surface area contributed by atoms with Crippen LogP contribution < -0.4 is 25.2 Å². The van der Waals surface area contributed by atoms with Crippen molar-refractivity contribution in [2.24, 2.45) is 0 Å². The molecule has 0 bridgehead atoms. The largest absolute Gasteiger partial charge is 0.485 e. The Kier molecular flexibility index (Phi) is 4.94. The van der Waals surface area contributed by atoms with Crippen LogP contribution in [-0.2, 0) is 0 Å². The highest BCUT2D eigenvalue weighted by molar-refractivity contribution is 6.02. The molecule has 176 valence electrons. The average molecular weight is 470 g/mol. The zero-order chi connectivity index (χ0) is 23.9.